The Kier molecular flexibility index (Phi) is 4.72. The summed E-state index contributed by atoms with van der Waals surface area (Å²) in [6, 6.07) is 5.90. The van der Waals surface area contributed by atoms with E-state index in [-0.39, 0.29) is 17.0 Å². The molecule has 1 N–H and O–H groups in total. The molecule has 116 valence electrons. The number of aromatic nitrogens is 2. The minimum absolute atomic E-state index is 0.116. The Balaban J connectivity index is 2.13. The molecular formula is C14H16N4O4. The van der Waals surface area contributed by atoms with Crippen LogP contribution < -0.4 is 10.1 Å². The number of rotatable bonds is 6. The second-order valence-corrected chi connectivity index (χ2v) is 4.46. The van der Waals surface area contributed by atoms with Crippen molar-refractivity contribution in [3.05, 3.63) is 51.8 Å². The van der Waals surface area contributed by atoms with Gasteiger partial charge in [0.05, 0.1) is 24.3 Å². The molecule has 0 unspecified atom stereocenters. The van der Waals surface area contributed by atoms with E-state index < -0.39 is 10.8 Å². The highest BCUT2D eigenvalue weighted by Crippen LogP contribution is 2.27. The van der Waals surface area contributed by atoms with Gasteiger partial charge in [-0.15, -0.1) is 0 Å². The Morgan fingerprint density at radius 3 is 2.86 bits per heavy atom. The summed E-state index contributed by atoms with van der Waals surface area (Å²) in [5.74, 6) is -0.278. The van der Waals surface area contributed by atoms with Crippen LogP contribution in [0.2, 0.25) is 0 Å². The van der Waals surface area contributed by atoms with Gasteiger partial charge in [0, 0.05) is 24.4 Å². The van der Waals surface area contributed by atoms with E-state index in [0.717, 1.165) is 5.69 Å². The van der Waals surface area contributed by atoms with E-state index in [1.54, 1.807) is 16.9 Å². The summed E-state index contributed by atoms with van der Waals surface area (Å²) in [5.41, 5.74) is 0.822. The molecule has 2 rings (SSSR count). The van der Waals surface area contributed by atoms with Crippen LogP contribution in [-0.4, -0.2) is 27.7 Å². The summed E-state index contributed by atoms with van der Waals surface area (Å²) in [6.07, 6.45) is 1.66. The maximum Gasteiger partial charge on any atom is 0.311 e. The number of amides is 1. The number of benzene rings is 1. The van der Waals surface area contributed by atoms with Gasteiger partial charge in [0.25, 0.3) is 5.91 Å². The minimum atomic E-state index is -0.582. The molecule has 0 saturated heterocycles. The van der Waals surface area contributed by atoms with Crippen molar-refractivity contribution >= 4 is 11.6 Å². The summed E-state index contributed by atoms with van der Waals surface area (Å²) in [7, 11) is 1.34. The highest BCUT2D eigenvalue weighted by Gasteiger charge is 2.18. The summed E-state index contributed by atoms with van der Waals surface area (Å²) < 4.78 is 6.67. The lowest BCUT2D eigenvalue weighted by Gasteiger charge is -2.08. The Labute approximate surface area is 126 Å². The van der Waals surface area contributed by atoms with Crippen molar-refractivity contribution < 1.29 is 14.5 Å². The van der Waals surface area contributed by atoms with Gasteiger partial charge in [-0.25, -0.2) is 0 Å². The van der Waals surface area contributed by atoms with E-state index in [9.17, 15) is 14.9 Å². The maximum absolute atomic E-state index is 12.1. The van der Waals surface area contributed by atoms with Crippen molar-refractivity contribution in [2.75, 3.05) is 7.11 Å². The van der Waals surface area contributed by atoms with Crippen molar-refractivity contribution in [3.8, 4) is 5.75 Å². The van der Waals surface area contributed by atoms with Crippen LogP contribution in [0.3, 0.4) is 0 Å². The SMILES string of the molecule is CCn1nccc1CNC(=O)c1ccc(OC)c([N+](=O)[O-])c1. The third-order valence-electron chi connectivity index (χ3n) is 3.17. The predicted molar refractivity (Wildman–Crippen MR) is 78.7 cm³/mol. The molecular weight excluding hydrogens is 288 g/mol. The molecule has 0 spiro atoms. The van der Waals surface area contributed by atoms with E-state index in [1.165, 1.54) is 25.3 Å². The third-order valence-corrected chi connectivity index (χ3v) is 3.17. The first kappa shape index (κ1) is 15.5. The highest BCUT2D eigenvalue weighted by molar-refractivity contribution is 5.95. The van der Waals surface area contributed by atoms with Gasteiger partial charge in [-0.05, 0) is 25.1 Å². The van der Waals surface area contributed by atoms with E-state index in [0.29, 0.717) is 13.1 Å². The Bertz CT molecular complexity index is 696. The summed E-state index contributed by atoms with van der Waals surface area (Å²) in [6.45, 7) is 2.95. The van der Waals surface area contributed by atoms with Crippen LogP contribution in [0.4, 0.5) is 5.69 Å². The molecule has 22 heavy (non-hydrogen) atoms. The molecule has 8 nitrogen and oxygen atoms in total. The van der Waals surface area contributed by atoms with Crippen LogP contribution in [0.25, 0.3) is 0 Å². The molecule has 0 aliphatic carbocycles. The molecule has 0 radical (unpaired) electrons. The zero-order valence-electron chi connectivity index (χ0n) is 12.3. The van der Waals surface area contributed by atoms with Crippen LogP contribution >= 0.6 is 0 Å². The lowest BCUT2D eigenvalue weighted by molar-refractivity contribution is -0.385. The number of carbonyl (C=O) groups is 1. The fraction of sp³-hybridized carbons (Fsp3) is 0.286. The van der Waals surface area contributed by atoms with Crippen LogP contribution in [0.1, 0.15) is 23.0 Å². The second kappa shape index (κ2) is 6.70. The average molecular weight is 304 g/mol. The van der Waals surface area contributed by atoms with Crippen molar-refractivity contribution in [2.24, 2.45) is 0 Å². The van der Waals surface area contributed by atoms with Gasteiger partial charge < -0.3 is 10.1 Å². The standard InChI is InChI=1S/C14H16N4O4/c1-3-17-11(6-7-16-17)9-15-14(19)10-4-5-13(22-2)12(8-10)18(20)21/h4-8H,3,9H2,1-2H3,(H,15,19). The van der Waals surface area contributed by atoms with Crippen LogP contribution in [-0.2, 0) is 13.1 Å². The number of aryl methyl sites for hydroxylation is 1. The van der Waals surface area contributed by atoms with Crippen LogP contribution in [0.5, 0.6) is 5.75 Å². The molecule has 1 amide bonds. The zero-order valence-corrected chi connectivity index (χ0v) is 12.3. The maximum atomic E-state index is 12.1. The molecule has 1 aromatic carbocycles. The molecule has 8 heteroatoms. The molecule has 1 aromatic heterocycles. The molecule has 0 bridgehead atoms. The van der Waals surface area contributed by atoms with Gasteiger partial charge in [-0.1, -0.05) is 0 Å². The average Bonchev–Trinajstić information content (AvgIpc) is 2.99. The van der Waals surface area contributed by atoms with Gasteiger partial charge in [0.15, 0.2) is 5.75 Å². The van der Waals surface area contributed by atoms with Gasteiger partial charge >= 0.3 is 5.69 Å². The number of methoxy groups -OCH3 is 1. The van der Waals surface area contributed by atoms with Gasteiger partial charge in [-0.2, -0.15) is 5.10 Å². The summed E-state index contributed by atoms with van der Waals surface area (Å²) in [5, 5.41) is 17.8. The van der Waals surface area contributed by atoms with Crippen molar-refractivity contribution in [1.29, 1.82) is 0 Å². The normalized spacial score (nSPS) is 10.3. The number of nitro groups is 1. The fourth-order valence-corrected chi connectivity index (χ4v) is 2.04. The van der Waals surface area contributed by atoms with Crippen molar-refractivity contribution in [2.45, 2.75) is 20.0 Å². The Morgan fingerprint density at radius 2 is 2.23 bits per heavy atom. The quantitative estimate of drug-likeness (QED) is 0.647. The van der Waals surface area contributed by atoms with Crippen molar-refractivity contribution in [1.82, 2.24) is 15.1 Å². The summed E-state index contributed by atoms with van der Waals surface area (Å²) in [4.78, 5) is 22.5. The van der Waals surface area contributed by atoms with Gasteiger partial charge in [0.1, 0.15) is 0 Å². The zero-order chi connectivity index (χ0) is 16.1. The topological polar surface area (TPSA) is 99.3 Å². The van der Waals surface area contributed by atoms with E-state index >= 15 is 0 Å². The lowest BCUT2D eigenvalue weighted by Crippen LogP contribution is -2.24. The number of hydrogen-bond donors (Lipinski definition) is 1. The summed E-state index contributed by atoms with van der Waals surface area (Å²) >= 11 is 0. The first-order chi connectivity index (χ1) is 10.6. The first-order valence-corrected chi connectivity index (χ1v) is 6.68. The highest BCUT2D eigenvalue weighted by atomic mass is 16.6. The van der Waals surface area contributed by atoms with E-state index in [2.05, 4.69) is 10.4 Å². The third kappa shape index (κ3) is 3.22. The molecule has 0 atom stereocenters. The minimum Gasteiger partial charge on any atom is -0.490 e. The largest absolute Gasteiger partial charge is 0.490 e. The van der Waals surface area contributed by atoms with E-state index in [1.807, 2.05) is 6.92 Å². The predicted octanol–water partition coefficient (Wildman–Crippen LogP) is 1.75. The van der Waals surface area contributed by atoms with Gasteiger partial charge in [0.2, 0.25) is 0 Å². The van der Waals surface area contributed by atoms with Gasteiger partial charge in [-0.3, -0.25) is 19.6 Å². The molecule has 0 aliphatic heterocycles. The van der Waals surface area contributed by atoms with Crippen molar-refractivity contribution in [3.63, 3.8) is 0 Å². The molecule has 2 aromatic rings. The van der Waals surface area contributed by atoms with E-state index in [4.69, 9.17) is 4.74 Å². The first-order valence-electron chi connectivity index (χ1n) is 6.68. The monoisotopic (exact) mass is 304 g/mol. The fourth-order valence-electron chi connectivity index (χ4n) is 2.04. The smallest absolute Gasteiger partial charge is 0.311 e. The Hall–Kier alpha value is -2.90. The molecule has 0 saturated carbocycles. The number of nitrogens with one attached hydrogen (secondary N) is 1. The number of nitrogens with zero attached hydrogens (tertiary/aromatic N) is 3. The lowest BCUT2D eigenvalue weighted by atomic mass is 10.1. The second-order valence-electron chi connectivity index (χ2n) is 4.46. The number of hydrogen-bond acceptors (Lipinski definition) is 5. The number of ether oxygens (including phenoxy) is 1. The number of nitro benzene ring substituents is 1. The molecule has 0 aliphatic rings. The van der Waals surface area contributed by atoms with Crippen LogP contribution in [0.15, 0.2) is 30.5 Å². The Morgan fingerprint density at radius 1 is 1.45 bits per heavy atom. The van der Waals surface area contributed by atoms with Crippen LogP contribution in [0, 0.1) is 10.1 Å². The number of carbonyl (C=O) groups excluding carboxylic acids is 1. The molecule has 0 fully saturated rings. The molecule has 1 heterocycles.